The normalized spacial score (nSPS) is 20.8. The van der Waals surface area contributed by atoms with Crippen molar-refractivity contribution >= 4 is 5.69 Å². The Balaban J connectivity index is 2.29. The molecule has 1 aliphatic rings. The molecule has 0 amide bonds. The minimum Gasteiger partial charge on any atom is -0.394 e. The molecule has 1 heterocycles. The third-order valence-electron chi connectivity index (χ3n) is 3.54. The van der Waals surface area contributed by atoms with Crippen molar-refractivity contribution in [1.29, 1.82) is 0 Å². The Morgan fingerprint density at radius 1 is 1.17 bits per heavy atom. The standard InChI is InChI=1S/C14H20FNO2/c15-12-6-11(9-17)7-14(8-12)16-5-3-1-2-4-13(16)10-18/h6-8,13,17-18H,1-5,9-10H2. The van der Waals surface area contributed by atoms with Crippen molar-refractivity contribution in [2.45, 2.75) is 38.3 Å². The van der Waals surface area contributed by atoms with Crippen molar-refractivity contribution in [2.75, 3.05) is 18.1 Å². The summed E-state index contributed by atoms with van der Waals surface area (Å²) < 4.78 is 13.5. The predicted octanol–water partition coefficient (Wildman–Crippen LogP) is 2.06. The Morgan fingerprint density at radius 3 is 2.72 bits per heavy atom. The maximum Gasteiger partial charge on any atom is 0.125 e. The Morgan fingerprint density at radius 2 is 2.00 bits per heavy atom. The molecule has 18 heavy (non-hydrogen) atoms. The van der Waals surface area contributed by atoms with Crippen molar-refractivity contribution in [1.82, 2.24) is 0 Å². The maximum absolute atomic E-state index is 13.5. The number of benzene rings is 1. The average Bonchev–Trinajstić information content (AvgIpc) is 2.62. The molecular weight excluding hydrogens is 233 g/mol. The van der Waals surface area contributed by atoms with E-state index in [-0.39, 0.29) is 25.1 Å². The fraction of sp³-hybridized carbons (Fsp3) is 0.571. The molecule has 0 radical (unpaired) electrons. The lowest BCUT2D eigenvalue weighted by molar-refractivity contribution is 0.255. The number of hydrogen-bond donors (Lipinski definition) is 2. The maximum atomic E-state index is 13.5. The first kappa shape index (κ1) is 13.3. The van der Waals surface area contributed by atoms with E-state index in [1.165, 1.54) is 12.1 Å². The molecule has 100 valence electrons. The van der Waals surface area contributed by atoms with Crippen LogP contribution in [0.5, 0.6) is 0 Å². The Labute approximate surface area is 107 Å². The van der Waals surface area contributed by atoms with E-state index in [0.717, 1.165) is 37.9 Å². The van der Waals surface area contributed by atoms with Gasteiger partial charge < -0.3 is 15.1 Å². The molecule has 0 aromatic heterocycles. The molecule has 0 saturated carbocycles. The molecule has 4 heteroatoms. The van der Waals surface area contributed by atoms with E-state index in [9.17, 15) is 9.50 Å². The number of nitrogens with zero attached hydrogens (tertiary/aromatic N) is 1. The van der Waals surface area contributed by atoms with Gasteiger partial charge in [0.2, 0.25) is 0 Å². The molecule has 1 atom stereocenters. The van der Waals surface area contributed by atoms with Gasteiger partial charge in [0, 0.05) is 12.2 Å². The van der Waals surface area contributed by atoms with E-state index in [0.29, 0.717) is 5.56 Å². The van der Waals surface area contributed by atoms with Crippen LogP contribution < -0.4 is 4.90 Å². The van der Waals surface area contributed by atoms with Gasteiger partial charge in [-0.3, -0.25) is 0 Å². The molecule has 2 rings (SSSR count). The molecule has 3 nitrogen and oxygen atoms in total. The molecule has 0 bridgehead atoms. The topological polar surface area (TPSA) is 43.7 Å². The van der Waals surface area contributed by atoms with Gasteiger partial charge in [-0.1, -0.05) is 12.8 Å². The number of rotatable bonds is 3. The number of anilines is 1. The summed E-state index contributed by atoms with van der Waals surface area (Å²) in [5, 5.41) is 18.6. The highest BCUT2D eigenvalue weighted by Crippen LogP contribution is 2.26. The second kappa shape index (κ2) is 6.16. The highest BCUT2D eigenvalue weighted by atomic mass is 19.1. The predicted molar refractivity (Wildman–Crippen MR) is 69.0 cm³/mol. The van der Waals surface area contributed by atoms with E-state index in [1.807, 2.05) is 0 Å². The van der Waals surface area contributed by atoms with Crippen molar-refractivity contribution in [3.8, 4) is 0 Å². The van der Waals surface area contributed by atoms with Crippen LogP contribution in [-0.4, -0.2) is 29.4 Å². The summed E-state index contributed by atoms with van der Waals surface area (Å²) in [5.74, 6) is -0.336. The minimum atomic E-state index is -0.336. The summed E-state index contributed by atoms with van der Waals surface area (Å²) in [6.45, 7) is 0.757. The van der Waals surface area contributed by atoms with Gasteiger partial charge in [0.25, 0.3) is 0 Å². The lowest BCUT2D eigenvalue weighted by Gasteiger charge is -2.31. The second-order valence-corrected chi connectivity index (χ2v) is 4.85. The largest absolute Gasteiger partial charge is 0.394 e. The fourth-order valence-corrected chi connectivity index (χ4v) is 2.60. The Hall–Kier alpha value is -1.13. The second-order valence-electron chi connectivity index (χ2n) is 4.85. The van der Waals surface area contributed by atoms with Crippen LogP contribution in [0.2, 0.25) is 0 Å². The quantitative estimate of drug-likeness (QED) is 0.866. The molecule has 0 aliphatic carbocycles. The number of aliphatic hydroxyl groups excluding tert-OH is 2. The molecule has 1 aliphatic heterocycles. The van der Waals surface area contributed by atoms with Crippen LogP contribution in [0.3, 0.4) is 0 Å². The Bertz CT molecular complexity index is 397. The molecular formula is C14H20FNO2. The van der Waals surface area contributed by atoms with Crippen LogP contribution in [0.25, 0.3) is 0 Å². The molecule has 1 saturated heterocycles. The van der Waals surface area contributed by atoms with Gasteiger partial charge in [0.05, 0.1) is 19.3 Å². The third-order valence-corrected chi connectivity index (χ3v) is 3.54. The Kier molecular flexibility index (Phi) is 4.55. The molecule has 0 spiro atoms. The zero-order valence-electron chi connectivity index (χ0n) is 10.5. The summed E-state index contributed by atoms with van der Waals surface area (Å²) in [5.41, 5.74) is 1.34. The number of halogens is 1. The molecule has 2 N–H and O–H groups in total. The monoisotopic (exact) mass is 253 g/mol. The van der Waals surface area contributed by atoms with Gasteiger partial charge in [-0.15, -0.1) is 0 Å². The van der Waals surface area contributed by atoms with E-state index in [1.54, 1.807) is 6.07 Å². The van der Waals surface area contributed by atoms with Gasteiger partial charge in [0.15, 0.2) is 0 Å². The lowest BCUT2D eigenvalue weighted by atomic mass is 10.1. The number of hydrogen-bond acceptors (Lipinski definition) is 3. The van der Waals surface area contributed by atoms with E-state index < -0.39 is 0 Å². The van der Waals surface area contributed by atoms with E-state index in [4.69, 9.17) is 5.11 Å². The van der Waals surface area contributed by atoms with Crippen LogP contribution >= 0.6 is 0 Å². The van der Waals surface area contributed by atoms with Crippen LogP contribution in [0.15, 0.2) is 18.2 Å². The number of aliphatic hydroxyl groups is 2. The molecule has 1 unspecified atom stereocenters. The van der Waals surface area contributed by atoms with Crippen LogP contribution in [0.4, 0.5) is 10.1 Å². The SMILES string of the molecule is OCc1cc(F)cc(N2CCCCCC2CO)c1. The zero-order valence-corrected chi connectivity index (χ0v) is 10.5. The van der Waals surface area contributed by atoms with E-state index >= 15 is 0 Å². The summed E-state index contributed by atoms with van der Waals surface area (Å²) in [6, 6.07) is 4.68. The van der Waals surface area contributed by atoms with Crippen LogP contribution in [-0.2, 0) is 6.61 Å². The minimum absolute atomic E-state index is 0.0563. The highest BCUT2D eigenvalue weighted by Gasteiger charge is 2.21. The van der Waals surface area contributed by atoms with Crippen molar-refractivity contribution < 1.29 is 14.6 Å². The van der Waals surface area contributed by atoms with Crippen LogP contribution in [0, 0.1) is 5.82 Å². The molecule has 1 fully saturated rings. The summed E-state index contributed by atoms with van der Waals surface area (Å²) in [7, 11) is 0. The third kappa shape index (κ3) is 3.00. The van der Waals surface area contributed by atoms with Gasteiger partial charge in [0.1, 0.15) is 5.82 Å². The fourth-order valence-electron chi connectivity index (χ4n) is 2.60. The van der Waals surface area contributed by atoms with Crippen molar-refractivity contribution in [3.63, 3.8) is 0 Å². The van der Waals surface area contributed by atoms with E-state index in [2.05, 4.69) is 4.90 Å². The van der Waals surface area contributed by atoms with Gasteiger partial charge in [-0.25, -0.2) is 4.39 Å². The summed E-state index contributed by atoms with van der Waals surface area (Å²) >= 11 is 0. The lowest BCUT2D eigenvalue weighted by Crippen LogP contribution is -2.37. The first-order valence-electron chi connectivity index (χ1n) is 6.52. The average molecular weight is 253 g/mol. The molecule has 1 aromatic carbocycles. The van der Waals surface area contributed by atoms with Gasteiger partial charge in [-0.05, 0) is 36.6 Å². The highest BCUT2D eigenvalue weighted by molar-refractivity contribution is 5.50. The van der Waals surface area contributed by atoms with Crippen molar-refractivity contribution in [2.24, 2.45) is 0 Å². The first-order chi connectivity index (χ1) is 8.74. The van der Waals surface area contributed by atoms with Crippen LogP contribution in [0.1, 0.15) is 31.2 Å². The summed E-state index contributed by atoms with van der Waals surface area (Å²) in [4.78, 5) is 2.06. The summed E-state index contributed by atoms with van der Waals surface area (Å²) in [6.07, 6.45) is 4.24. The van der Waals surface area contributed by atoms with Crippen molar-refractivity contribution in [3.05, 3.63) is 29.6 Å². The molecule has 1 aromatic rings. The van der Waals surface area contributed by atoms with Gasteiger partial charge >= 0.3 is 0 Å². The smallest absolute Gasteiger partial charge is 0.125 e. The first-order valence-corrected chi connectivity index (χ1v) is 6.52. The van der Waals surface area contributed by atoms with Gasteiger partial charge in [-0.2, -0.15) is 0 Å². The zero-order chi connectivity index (χ0) is 13.0.